The second kappa shape index (κ2) is 4.33. The van der Waals surface area contributed by atoms with Gasteiger partial charge < -0.3 is 4.90 Å². The van der Waals surface area contributed by atoms with Gasteiger partial charge in [-0.25, -0.2) is 4.90 Å². The van der Waals surface area contributed by atoms with Gasteiger partial charge in [-0.2, -0.15) is 0 Å². The molecule has 0 saturated carbocycles. The van der Waals surface area contributed by atoms with Crippen LogP contribution in [0.15, 0.2) is 54.6 Å². The van der Waals surface area contributed by atoms with Gasteiger partial charge in [0.05, 0.1) is 5.69 Å². The number of fused-ring (bicyclic) bond motifs is 1. The number of nitrogens with zero attached hydrogens (tertiary/aromatic N) is 2. The zero-order valence-corrected chi connectivity index (χ0v) is 11.7. The van der Waals surface area contributed by atoms with E-state index in [1.807, 2.05) is 35.2 Å². The number of carbonyl (C=O) groups excluding carboxylic acids is 2. The molecule has 0 bridgehead atoms. The number of rotatable bonds is 2. The maximum absolute atomic E-state index is 12.4. The number of imide groups is 1. The number of anilines is 2. The van der Waals surface area contributed by atoms with Crippen LogP contribution < -0.4 is 9.80 Å². The van der Waals surface area contributed by atoms with Crippen molar-refractivity contribution >= 4 is 34.8 Å². The average molecular weight is 299 g/mol. The van der Waals surface area contributed by atoms with Gasteiger partial charge in [0, 0.05) is 10.7 Å². The molecule has 0 N–H and O–H groups in total. The topological polar surface area (TPSA) is 40.4 Å². The van der Waals surface area contributed by atoms with Crippen molar-refractivity contribution in [2.45, 2.75) is 12.1 Å². The third kappa shape index (κ3) is 1.76. The first-order valence-electron chi connectivity index (χ1n) is 6.65. The molecule has 0 aliphatic carbocycles. The van der Waals surface area contributed by atoms with Gasteiger partial charge in [-0.15, -0.1) is 0 Å². The maximum Gasteiger partial charge on any atom is 0.259 e. The molecule has 2 amide bonds. The van der Waals surface area contributed by atoms with Crippen molar-refractivity contribution in [3.05, 3.63) is 59.6 Å². The van der Waals surface area contributed by atoms with E-state index >= 15 is 0 Å². The highest BCUT2D eigenvalue weighted by molar-refractivity contribution is 6.32. The lowest BCUT2D eigenvalue weighted by atomic mass is 10.3. The number of hydrogen-bond acceptors (Lipinski definition) is 3. The average Bonchev–Trinajstić information content (AvgIpc) is 3.18. The summed E-state index contributed by atoms with van der Waals surface area (Å²) in [5.41, 5.74) is 1.49. The van der Waals surface area contributed by atoms with Gasteiger partial charge in [0.15, 0.2) is 0 Å². The molecule has 2 saturated heterocycles. The first-order valence-corrected chi connectivity index (χ1v) is 7.03. The molecule has 0 aromatic heterocycles. The third-order valence-corrected chi connectivity index (χ3v) is 4.15. The van der Waals surface area contributed by atoms with E-state index in [9.17, 15) is 9.59 Å². The monoisotopic (exact) mass is 298 g/mol. The summed E-state index contributed by atoms with van der Waals surface area (Å²) in [6.07, 6.45) is 0. The minimum absolute atomic E-state index is 0.161. The van der Waals surface area contributed by atoms with Crippen LogP contribution >= 0.6 is 11.6 Å². The molecule has 2 fully saturated rings. The van der Waals surface area contributed by atoms with Crippen molar-refractivity contribution in [3.63, 3.8) is 0 Å². The smallest absolute Gasteiger partial charge is 0.259 e. The van der Waals surface area contributed by atoms with Crippen molar-refractivity contribution in [3.8, 4) is 0 Å². The van der Waals surface area contributed by atoms with Crippen molar-refractivity contribution in [1.82, 2.24) is 0 Å². The number of para-hydroxylation sites is 1. The largest absolute Gasteiger partial charge is 0.343 e. The fourth-order valence-electron chi connectivity index (χ4n) is 2.88. The molecule has 4 nitrogen and oxygen atoms in total. The van der Waals surface area contributed by atoms with Crippen LogP contribution in [-0.2, 0) is 9.59 Å². The predicted octanol–water partition coefficient (Wildman–Crippen LogP) is 2.47. The normalized spacial score (nSPS) is 23.5. The molecule has 2 aromatic carbocycles. The minimum Gasteiger partial charge on any atom is -0.343 e. The molecule has 2 unspecified atom stereocenters. The maximum atomic E-state index is 12.4. The molecular formula is C16H11ClN2O2. The molecule has 0 spiro atoms. The predicted molar refractivity (Wildman–Crippen MR) is 80.4 cm³/mol. The quantitative estimate of drug-likeness (QED) is 0.632. The Labute approximate surface area is 126 Å². The lowest BCUT2D eigenvalue weighted by molar-refractivity contribution is -0.122. The van der Waals surface area contributed by atoms with Crippen molar-refractivity contribution in [2.75, 3.05) is 9.80 Å². The van der Waals surface area contributed by atoms with Crippen LogP contribution in [0.4, 0.5) is 11.4 Å². The highest BCUT2D eigenvalue weighted by Crippen LogP contribution is 2.43. The van der Waals surface area contributed by atoms with Crippen LogP contribution in [-0.4, -0.2) is 23.9 Å². The van der Waals surface area contributed by atoms with Crippen LogP contribution in [0, 0.1) is 0 Å². The minimum atomic E-state index is -0.376. The highest BCUT2D eigenvalue weighted by Gasteiger charge is 2.66. The molecule has 2 aliphatic rings. The van der Waals surface area contributed by atoms with Crippen molar-refractivity contribution in [1.29, 1.82) is 0 Å². The van der Waals surface area contributed by atoms with Gasteiger partial charge in [-0.05, 0) is 36.4 Å². The molecular weight excluding hydrogens is 288 g/mol. The molecule has 2 aromatic rings. The number of benzene rings is 2. The van der Waals surface area contributed by atoms with E-state index < -0.39 is 0 Å². The number of halogens is 1. The number of hydrogen-bond donors (Lipinski definition) is 0. The summed E-state index contributed by atoms with van der Waals surface area (Å²) in [5.74, 6) is -0.322. The fraction of sp³-hybridized carbons (Fsp3) is 0.125. The van der Waals surface area contributed by atoms with Gasteiger partial charge in [0.1, 0.15) is 12.1 Å². The summed E-state index contributed by atoms with van der Waals surface area (Å²) >= 11 is 5.86. The van der Waals surface area contributed by atoms with E-state index in [1.165, 1.54) is 4.90 Å². The van der Waals surface area contributed by atoms with E-state index in [0.717, 1.165) is 5.69 Å². The van der Waals surface area contributed by atoms with Crippen LogP contribution in [0.5, 0.6) is 0 Å². The standard InChI is InChI=1S/C16H11ClN2O2/c17-10-6-8-12(9-7-10)18-13-14(18)16(21)19(15(13)20)11-4-2-1-3-5-11/h1-9,13-14H. The molecule has 2 atom stereocenters. The third-order valence-electron chi connectivity index (χ3n) is 3.89. The molecule has 104 valence electrons. The summed E-state index contributed by atoms with van der Waals surface area (Å²) in [5, 5.41) is 0.634. The zero-order valence-electron chi connectivity index (χ0n) is 10.9. The summed E-state index contributed by atoms with van der Waals surface area (Å²) in [4.78, 5) is 28.0. The first kappa shape index (κ1) is 12.4. The molecule has 5 heteroatoms. The Kier molecular flexibility index (Phi) is 2.56. The van der Waals surface area contributed by atoms with Crippen LogP contribution in [0.2, 0.25) is 5.02 Å². The summed E-state index contributed by atoms with van der Waals surface area (Å²) in [7, 11) is 0. The van der Waals surface area contributed by atoms with E-state index in [2.05, 4.69) is 0 Å². The molecule has 4 rings (SSSR count). The first-order chi connectivity index (χ1) is 10.2. The number of carbonyl (C=O) groups is 2. The highest BCUT2D eigenvalue weighted by atomic mass is 35.5. The van der Waals surface area contributed by atoms with Gasteiger partial charge in [0.2, 0.25) is 0 Å². The number of piperazine rings is 1. The lowest BCUT2D eigenvalue weighted by Crippen LogP contribution is -2.38. The SMILES string of the molecule is O=C1C2C(C(=O)N1c1ccccc1)N2c1ccc(Cl)cc1. The van der Waals surface area contributed by atoms with E-state index in [0.29, 0.717) is 10.7 Å². The lowest BCUT2D eigenvalue weighted by Gasteiger charge is -2.19. The van der Waals surface area contributed by atoms with Crippen LogP contribution in [0.3, 0.4) is 0 Å². The van der Waals surface area contributed by atoms with E-state index in [4.69, 9.17) is 11.6 Å². The summed E-state index contributed by atoms with van der Waals surface area (Å²) < 4.78 is 0. The Morgan fingerprint density at radius 3 is 1.90 bits per heavy atom. The molecule has 0 radical (unpaired) electrons. The van der Waals surface area contributed by atoms with E-state index in [-0.39, 0.29) is 23.9 Å². The van der Waals surface area contributed by atoms with Gasteiger partial charge in [0.25, 0.3) is 11.8 Å². The second-order valence-electron chi connectivity index (χ2n) is 5.12. The second-order valence-corrected chi connectivity index (χ2v) is 5.56. The van der Waals surface area contributed by atoms with Gasteiger partial charge in [-0.3, -0.25) is 9.59 Å². The summed E-state index contributed by atoms with van der Waals surface area (Å²) in [6, 6.07) is 15.5. The van der Waals surface area contributed by atoms with Gasteiger partial charge in [-0.1, -0.05) is 29.8 Å². The fourth-order valence-corrected chi connectivity index (χ4v) is 3.00. The number of amides is 2. The van der Waals surface area contributed by atoms with Crippen LogP contribution in [0.1, 0.15) is 0 Å². The van der Waals surface area contributed by atoms with Crippen LogP contribution in [0.25, 0.3) is 0 Å². The Morgan fingerprint density at radius 1 is 0.762 bits per heavy atom. The Hall–Kier alpha value is -2.33. The molecule has 2 heterocycles. The Morgan fingerprint density at radius 2 is 1.33 bits per heavy atom. The molecule has 2 aliphatic heterocycles. The summed E-state index contributed by atoms with van der Waals surface area (Å²) in [6.45, 7) is 0. The zero-order chi connectivity index (χ0) is 14.6. The molecule has 21 heavy (non-hydrogen) atoms. The van der Waals surface area contributed by atoms with Crippen molar-refractivity contribution in [2.24, 2.45) is 0 Å². The Balaban J connectivity index is 1.62. The Bertz CT molecular complexity index is 708. The van der Waals surface area contributed by atoms with E-state index in [1.54, 1.807) is 24.3 Å². The van der Waals surface area contributed by atoms with Crippen molar-refractivity contribution < 1.29 is 9.59 Å². The van der Waals surface area contributed by atoms with Gasteiger partial charge >= 0.3 is 0 Å².